The van der Waals surface area contributed by atoms with Crippen molar-refractivity contribution in [3.63, 3.8) is 0 Å². The summed E-state index contributed by atoms with van der Waals surface area (Å²) < 4.78 is 28.8. The van der Waals surface area contributed by atoms with Crippen LogP contribution in [0.25, 0.3) is 0 Å². The number of hydrogen-bond donors (Lipinski definition) is 0. The maximum atomic E-state index is 14.4. The Bertz CT molecular complexity index is 833. The maximum Gasteiger partial charge on any atom is 0.261 e. The van der Waals surface area contributed by atoms with Crippen molar-refractivity contribution < 1.29 is 18.4 Å². The van der Waals surface area contributed by atoms with Crippen LogP contribution < -0.4 is 0 Å². The van der Waals surface area contributed by atoms with Crippen LogP contribution in [0.3, 0.4) is 0 Å². The summed E-state index contributed by atoms with van der Waals surface area (Å²) in [6, 6.07) is 6.80. The lowest BCUT2D eigenvalue weighted by molar-refractivity contribution is -0.151. The van der Waals surface area contributed by atoms with E-state index in [1.165, 1.54) is 0 Å². The van der Waals surface area contributed by atoms with Crippen molar-refractivity contribution in [2.75, 3.05) is 6.54 Å². The van der Waals surface area contributed by atoms with E-state index in [2.05, 4.69) is 17.0 Å². The molecule has 0 aromatic heterocycles. The second-order valence-electron chi connectivity index (χ2n) is 7.30. The minimum Gasteiger partial charge on any atom is -0.370 e. The van der Waals surface area contributed by atoms with E-state index in [9.17, 15) is 13.6 Å². The number of hydrogen-bond acceptors (Lipinski definition) is 3. The zero-order valence-electron chi connectivity index (χ0n) is 14.6. The van der Waals surface area contributed by atoms with Gasteiger partial charge in [0.25, 0.3) is 5.92 Å². The van der Waals surface area contributed by atoms with E-state index >= 15 is 0 Å². The Morgan fingerprint density at radius 2 is 2.22 bits per heavy atom. The van der Waals surface area contributed by atoms with E-state index in [0.29, 0.717) is 17.1 Å². The van der Waals surface area contributed by atoms with Gasteiger partial charge in [0.05, 0.1) is 18.1 Å². The van der Waals surface area contributed by atoms with Crippen LogP contribution in [-0.2, 0) is 9.63 Å². The number of carbonyl (C=O) groups is 1. The molecule has 1 aromatic carbocycles. The first-order valence-electron chi connectivity index (χ1n) is 9.09. The fourth-order valence-electron chi connectivity index (χ4n) is 3.96. The number of carbonyl (C=O) groups excluding carboxylic acids is 1. The SMILES string of the molecule is O=C(C1CCC(F)(F)C(C#Cc2cccc(Cl)c2)C1)N1CCC2C=NOC21. The molecule has 2 fully saturated rings. The van der Waals surface area contributed by atoms with E-state index in [4.69, 9.17) is 16.4 Å². The third kappa shape index (κ3) is 3.66. The molecule has 0 radical (unpaired) electrons. The highest BCUT2D eigenvalue weighted by atomic mass is 35.5. The Morgan fingerprint density at radius 3 is 3.04 bits per heavy atom. The molecule has 7 heteroatoms. The summed E-state index contributed by atoms with van der Waals surface area (Å²) in [7, 11) is 0. The quantitative estimate of drug-likeness (QED) is 0.679. The molecule has 2 heterocycles. The molecule has 0 bridgehead atoms. The number of benzene rings is 1. The molecule has 0 spiro atoms. The molecule has 27 heavy (non-hydrogen) atoms. The van der Waals surface area contributed by atoms with Crippen molar-refractivity contribution in [2.24, 2.45) is 22.9 Å². The molecule has 4 nitrogen and oxygen atoms in total. The molecular formula is C20H19ClF2N2O2. The monoisotopic (exact) mass is 392 g/mol. The molecule has 142 valence electrons. The molecule has 4 unspecified atom stereocenters. The van der Waals surface area contributed by atoms with Gasteiger partial charge in [0.15, 0.2) is 0 Å². The number of alkyl halides is 2. The van der Waals surface area contributed by atoms with Crippen LogP contribution in [0.5, 0.6) is 0 Å². The van der Waals surface area contributed by atoms with Crippen molar-refractivity contribution >= 4 is 23.7 Å². The van der Waals surface area contributed by atoms with E-state index in [0.717, 1.165) is 6.42 Å². The minimum absolute atomic E-state index is 0.0497. The van der Waals surface area contributed by atoms with E-state index < -0.39 is 17.8 Å². The third-order valence-corrected chi connectivity index (χ3v) is 5.74. The lowest BCUT2D eigenvalue weighted by atomic mass is 9.78. The lowest BCUT2D eigenvalue weighted by Gasteiger charge is -2.35. The van der Waals surface area contributed by atoms with Gasteiger partial charge in [-0.1, -0.05) is 34.7 Å². The van der Waals surface area contributed by atoms with Crippen molar-refractivity contribution in [2.45, 2.75) is 37.8 Å². The zero-order chi connectivity index (χ0) is 19.0. The van der Waals surface area contributed by atoms with Gasteiger partial charge in [-0.25, -0.2) is 8.78 Å². The molecule has 1 aromatic rings. The summed E-state index contributed by atoms with van der Waals surface area (Å²) >= 11 is 5.92. The van der Waals surface area contributed by atoms with Crippen molar-refractivity contribution in [1.82, 2.24) is 4.90 Å². The van der Waals surface area contributed by atoms with Gasteiger partial charge in [-0.2, -0.15) is 0 Å². The number of halogens is 3. The molecule has 3 aliphatic rings. The highest BCUT2D eigenvalue weighted by molar-refractivity contribution is 6.30. The van der Waals surface area contributed by atoms with Gasteiger partial charge >= 0.3 is 0 Å². The minimum atomic E-state index is -2.90. The van der Waals surface area contributed by atoms with E-state index in [1.54, 1.807) is 35.4 Å². The standard InChI is InChI=1S/C20H19ClF2N2O2/c21-17-3-1-2-13(10-17)4-5-16-11-14(6-8-20(16,22)23)18(26)25-9-7-15-12-24-27-19(15)25/h1-3,10,12,14-16,19H,6-9,11H2. The maximum absolute atomic E-state index is 14.4. The Labute approximate surface area is 161 Å². The molecule has 1 saturated carbocycles. The summed E-state index contributed by atoms with van der Waals surface area (Å²) in [5, 5.41) is 4.29. The molecular weight excluding hydrogens is 374 g/mol. The molecule has 4 atom stereocenters. The van der Waals surface area contributed by atoms with Gasteiger partial charge < -0.3 is 9.74 Å². The van der Waals surface area contributed by atoms with Crippen LogP contribution in [0.4, 0.5) is 8.78 Å². The largest absolute Gasteiger partial charge is 0.370 e. The fourth-order valence-corrected chi connectivity index (χ4v) is 4.15. The predicted molar refractivity (Wildman–Crippen MR) is 97.3 cm³/mol. The second-order valence-corrected chi connectivity index (χ2v) is 7.74. The third-order valence-electron chi connectivity index (χ3n) is 5.50. The van der Waals surface area contributed by atoms with Crippen LogP contribution in [0.15, 0.2) is 29.4 Å². The zero-order valence-corrected chi connectivity index (χ0v) is 15.3. The van der Waals surface area contributed by atoms with Gasteiger partial charge in [0.1, 0.15) is 0 Å². The Kier molecular flexibility index (Phi) is 4.81. The molecule has 1 amide bonds. The number of oxime groups is 1. The lowest BCUT2D eigenvalue weighted by Crippen LogP contribution is -2.45. The number of nitrogens with zero attached hydrogens (tertiary/aromatic N) is 2. The first kappa shape index (κ1) is 18.2. The summed E-state index contributed by atoms with van der Waals surface area (Å²) in [4.78, 5) is 19.8. The van der Waals surface area contributed by atoms with Crippen LogP contribution in [0.2, 0.25) is 5.02 Å². The average Bonchev–Trinajstić information content (AvgIpc) is 3.23. The van der Waals surface area contributed by atoms with Crippen molar-refractivity contribution in [1.29, 1.82) is 0 Å². The average molecular weight is 393 g/mol. The van der Waals surface area contributed by atoms with E-state index in [-0.39, 0.29) is 37.3 Å². The number of likely N-dealkylation sites (tertiary alicyclic amines) is 1. The normalized spacial score (nSPS) is 31.0. The molecule has 1 aliphatic carbocycles. The highest BCUT2D eigenvalue weighted by Gasteiger charge is 2.49. The summed E-state index contributed by atoms with van der Waals surface area (Å²) in [6.07, 6.45) is 2.00. The summed E-state index contributed by atoms with van der Waals surface area (Å²) in [5.41, 5.74) is 0.589. The smallest absolute Gasteiger partial charge is 0.261 e. The Morgan fingerprint density at radius 1 is 1.37 bits per heavy atom. The second kappa shape index (κ2) is 7.12. The van der Waals surface area contributed by atoms with Crippen LogP contribution in [0.1, 0.15) is 31.2 Å². The van der Waals surface area contributed by atoms with E-state index in [1.807, 2.05) is 0 Å². The van der Waals surface area contributed by atoms with Crippen LogP contribution in [0, 0.1) is 29.6 Å². The first-order chi connectivity index (χ1) is 12.9. The van der Waals surface area contributed by atoms with Gasteiger partial charge in [-0.15, -0.1) is 0 Å². The Balaban J connectivity index is 1.48. The van der Waals surface area contributed by atoms with Crippen LogP contribution in [-0.4, -0.2) is 35.7 Å². The van der Waals surface area contributed by atoms with Crippen molar-refractivity contribution in [3.8, 4) is 11.8 Å². The van der Waals surface area contributed by atoms with Crippen LogP contribution >= 0.6 is 11.6 Å². The summed E-state index contributed by atoms with van der Waals surface area (Å²) in [5.74, 6) is 0.946. The topological polar surface area (TPSA) is 41.9 Å². The number of fused-ring (bicyclic) bond motifs is 1. The van der Waals surface area contributed by atoms with Gasteiger partial charge in [-0.05, 0) is 37.5 Å². The van der Waals surface area contributed by atoms with Gasteiger partial charge in [0.2, 0.25) is 12.1 Å². The summed E-state index contributed by atoms with van der Waals surface area (Å²) in [6.45, 7) is 0.575. The number of rotatable bonds is 1. The molecule has 0 N–H and O–H groups in total. The number of amides is 1. The fraction of sp³-hybridized carbons (Fsp3) is 0.500. The molecule has 4 rings (SSSR count). The highest BCUT2D eigenvalue weighted by Crippen LogP contribution is 2.42. The molecule has 1 saturated heterocycles. The predicted octanol–water partition coefficient (Wildman–Crippen LogP) is 3.93. The van der Waals surface area contributed by atoms with Gasteiger partial charge in [-0.3, -0.25) is 4.79 Å². The Hall–Kier alpha value is -2.13. The van der Waals surface area contributed by atoms with Crippen molar-refractivity contribution in [3.05, 3.63) is 34.9 Å². The first-order valence-corrected chi connectivity index (χ1v) is 9.46. The molecule has 2 aliphatic heterocycles. The van der Waals surface area contributed by atoms with Gasteiger partial charge in [0, 0.05) is 29.5 Å².